The summed E-state index contributed by atoms with van der Waals surface area (Å²) in [5.41, 5.74) is 0. The van der Waals surface area contributed by atoms with Crippen LogP contribution in [0.15, 0.2) is 0 Å². The predicted octanol–water partition coefficient (Wildman–Crippen LogP) is 2.79. The van der Waals surface area contributed by atoms with Gasteiger partial charge in [0.2, 0.25) is 0 Å². The molecular formula is C14H24O2. The minimum absolute atomic E-state index is 0.150. The Kier molecular flexibility index (Phi) is 3.68. The van der Waals surface area contributed by atoms with E-state index in [4.69, 9.17) is 0 Å². The van der Waals surface area contributed by atoms with Crippen LogP contribution in [0, 0.1) is 23.7 Å². The third-order valence-electron chi connectivity index (χ3n) is 4.84. The minimum atomic E-state index is -0.212. The second-order valence-electron chi connectivity index (χ2n) is 5.73. The van der Waals surface area contributed by atoms with Crippen LogP contribution in [0.5, 0.6) is 0 Å². The number of ketones is 1. The second kappa shape index (κ2) is 4.87. The molecule has 0 aromatic heterocycles. The maximum absolute atomic E-state index is 11.7. The zero-order chi connectivity index (χ0) is 11.7. The molecule has 0 radical (unpaired) electrons. The van der Waals surface area contributed by atoms with Crippen LogP contribution in [-0.4, -0.2) is 17.0 Å². The highest BCUT2D eigenvalue weighted by Crippen LogP contribution is 2.48. The minimum Gasteiger partial charge on any atom is -0.393 e. The molecule has 2 aliphatic rings. The van der Waals surface area contributed by atoms with Crippen LogP contribution < -0.4 is 0 Å². The largest absolute Gasteiger partial charge is 0.393 e. The molecule has 0 aromatic rings. The van der Waals surface area contributed by atoms with Gasteiger partial charge in [0.1, 0.15) is 5.78 Å². The van der Waals surface area contributed by atoms with Crippen LogP contribution in [0.25, 0.3) is 0 Å². The lowest BCUT2D eigenvalue weighted by Crippen LogP contribution is -2.36. The summed E-state index contributed by atoms with van der Waals surface area (Å²) in [7, 11) is 0. The summed E-state index contributed by atoms with van der Waals surface area (Å²) in [6, 6.07) is 0. The molecule has 0 saturated heterocycles. The van der Waals surface area contributed by atoms with E-state index in [9.17, 15) is 9.90 Å². The molecule has 2 heteroatoms. The number of carbonyl (C=O) groups excluding carboxylic acids is 1. The van der Waals surface area contributed by atoms with Crippen molar-refractivity contribution in [3.63, 3.8) is 0 Å². The highest BCUT2D eigenvalue weighted by molar-refractivity contribution is 5.80. The number of Topliss-reactive ketones (excluding diaryl/α,β-unsaturated/α-hetero) is 1. The van der Waals surface area contributed by atoms with Gasteiger partial charge in [0, 0.05) is 12.3 Å². The van der Waals surface area contributed by atoms with Gasteiger partial charge >= 0.3 is 0 Å². The Bertz CT molecular complexity index is 261. The standard InChI is InChI=1S/C14H24O2/c1-3-9-5-10-7-11(13(15)4-2)8-14(16)12(10)6-9/h9-12,14,16H,3-8H2,1-2H3/t9?,10?,11?,12-,14?/m0/s1. The Hall–Kier alpha value is -0.370. The third-order valence-corrected chi connectivity index (χ3v) is 4.84. The molecule has 16 heavy (non-hydrogen) atoms. The highest BCUT2D eigenvalue weighted by atomic mass is 16.3. The fraction of sp³-hybridized carbons (Fsp3) is 0.929. The molecule has 0 bridgehead atoms. The number of hydrogen-bond acceptors (Lipinski definition) is 2. The molecule has 2 nitrogen and oxygen atoms in total. The summed E-state index contributed by atoms with van der Waals surface area (Å²) in [5.74, 6) is 2.41. The van der Waals surface area contributed by atoms with Crippen LogP contribution in [0.1, 0.15) is 52.4 Å². The predicted molar refractivity (Wildman–Crippen MR) is 64.0 cm³/mol. The van der Waals surface area contributed by atoms with Gasteiger partial charge in [0.25, 0.3) is 0 Å². The Morgan fingerprint density at radius 1 is 1.19 bits per heavy atom. The summed E-state index contributed by atoms with van der Waals surface area (Å²) in [4.78, 5) is 11.7. The molecule has 0 amide bonds. The van der Waals surface area contributed by atoms with E-state index in [1.807, 2.05) is 6.92 Å². The van der Waals surface area contributed by atoms with Gasteiger partial charge in [-0.15, -0.1) is 0 Å². The number of aliphatic hydroxyl groups excluding tert-OH is 1. The van der Waals surface area contributed by atoms with Gasteiger partial charge < -0.3 is 5.11 Å². The molecule has 2 saturated carbocycles. The van der Waals surface area contributed by atoms with E-state index >= 15 is 0 Å². The van der Waals surface area contributed by atoms with Crippen molar-refractivity contribution < 1.29 is 9.90 Å². The quantitative estimate of drug-likeness (QED) is 0.800. The Balaban J connectivity index is 2.01. The maximum atomic E-state index is 11.7. The van der Waals surface area contributed by atoms with Crippen molar-refractivity contribution in [2.75, 3.05) is 0 Å². The summed E-state index contributed by atoms with van der Waals surface area (Å²) in [6.45, 7) is 4.17. The van der Waals surface area contributed by atoms with Gasteiger partial charge in [-0.25, -0.2) is 0 Å². The summed E-state index contributed by atoms with van der Waals surface area (Å²) in [5, 5.41) is 10.2. The van der Waals surface area contributed by atoms with Crippen molar-refractivity contribution in [2.24, 2.45) is 23.7 Å². The van der Waals surface area contributed by atoms with Gasteiger partial charge in [-0.1, -0.05) is 20.3 Å². The molecule has 2 fully saturated rings. The van der Waals surface area contributed by atoms with E-state index in [0.29, 0.717) is 24.0 Å². The van der Waals surface area contributed by atoms with Crippen LogP contribution in [0.2, 0.25) is 0 Å². The molecule has 0 aromatic carbocycles. The van der Waals surface area contributed by atoms with E-state index in [1.165, 1.54) is 19.3 Å². The topological polar surface area (TPSA) is 37.3 Å². The molecule has 0 heterocycles. The fourth-order valence-corrected chi connectivity index (χ4v) is 3.83. The van der Waals surface area contributed by atoms with Gasteiger partial charge in [-0.2, -0.15) is 0 Å². The van der Waals surface area contributed by atoms with Crippen LogP contribution in [0.3, 0.4) is 0 Å². The molecule has 1 N–H and O–H groups in total. The van der Waals surface area contributed by atoms with Gasteiger partial charge in [0.05, 0.1) is 6.10 Å². The summed E-state index contributed by atoms with van der Waals surface area (Å²) >= 11 is 0. The lowest BCUT2D eigenvalue weighted by molar-refractivity contribution is -0.126. The van der Waals surface area contributed by atoms with Crippen LogP contribution in [-0.2, 0) is 4.79 Å². The van der Waals surface area contributed by atoms with E-state index in [-0.39, 0.29) is 12.0 Å². The zero-order valence-corrected chi connectivity index (χ0v) is 10.5. The maximum Gasteiger partial charge on any atom is 0.135 e. The lowest BCUT2D eigenvalue weighted by atomic mass is 9.72. The Morgan fingerprint density at radius 2 is 1.94 bits per heavy atom. The molecular weight excluding hydrogens is 200 g/mol. The van der Waals surface area contributed by atoms with Crippen LogP contribution >= 0.6 is 0 Å². The highest BCUT2D eigenvalue weighted by Gasteiger charge is 2.44. The fourth-order valence-electron chi connectivity index (χ4n) is 3.83. The Morgan fingerprint density at radius 3 is 2.56 bits per heavy atom. The van der Waals surface area contributed by atoms with E-state index < -0.39 is 0 Å². The molecule has 2 aliphatic carbocycles. The first-order valence-corrected chi connectivity index (χ1v) is 6.86. The first-order chi connectivity index (χ1) is 7.65. The van der Waals surface area contributed by atoms with Gasteiger partial charge in [-0.3, -0.25) is 4.79 Å². The number of carbonyl (C=O) groups is 1. The van der Waals surface area contributed by atoms with Crippen molar-refractivity contribution in [2.45, 2.75) is 58.5 Å². The van der Waals surface area contributed by atoms with Gasteiger partial charge in [0.15, 0.2) is 0 Å². The Labute approximate surface area is 98.4 Å². The van der Waals surface area contributed by atoms with E-state index in [0.717, 1.165) is 18.8 Å². The molecule has 2 rings (SSSR count). The second-order valence-corrected chi connectivity index (χ2v) is 5.73. The van der Waals surface area contributed by atoms with Crippen molar-refractivity contribution in [3.8, 4) is 0 Å². The monoisotopic (exact) mass is 224 g/mol. The zero-order valence-electron chi connectivity index (χ0n) is 10.5. The van der Waals surface area contributed by atoms with Crippen molar-refractivity contribution in [3.05, 3.63) is 0 Å². The molecule has 0 spiro atoms. The molecule has 0 aliphatic heterocycles. The summed E-state index contributed by atoms with van der Waals surface area (Å²) in [6.07, 6.45) is 5.85. The average molecular weight is 224 g/mol. The molecule has 92 valence electrons. The molecule has 5 atom stereocenters. The third kappa shape index (κ3) is 2.17. The number of hydrogen-bond donors (Lipinski definition) is 1. The van der Waals surface area contributed by atoms with Crippen LogP contribution in [0.4, 0.5) is 0 Å². The number of aliphatic hydroxyl groups is 1. The average Bonchev–Trinajstić information content (AvgIpc) is 2.71. The number of fused-ring (bicyclic) bond motifs is 1. The molecule has 4 unspecified atom stereocenters. The number of rotatable bonds is 3. The van der Waals surface area contributed by atoms with Gasteiger partial charge in [-0.05, 0) is 43.4 Å². The van der Waals surface area contributed by atoms with E-state index in [2.05, 4.69) is 6.92 Å². The SMILES string of the molecule is CCC(=O)C1CC(O)[C@H]2CC(CC)CC2C1. The lowest BCUT2D eigenvalue weighted by Gasteiger charge is -2.35. The smallest absolute Gasteiger partial charge is 0.135 e. The van der Waals surface area contributed by atoms with Crippen molar-refractivity contribution in [1.29, 1.82) is 0 Å². The summed E-state index contributed by atoms with van der Waals surface area (Å²) < 4.78 is 0. The van der Waals surface area contributed by atoms with E-state index in [1.54, 1.807) is 0 Å². The van der Waals surface area contributed by atoms with Crippen molar-refractivity contribution >= 4 is 5.78 Å². The first kappa shape index (κ1) is 12.1. The van der Waals surface area contributed by atoms with Crippen molar-refractivity contribution in [1.82, 2.24) is 0 Å². The normalized spacial score (nSPS) is 43.1. The first-order valence-electron chi connectivity index (χ1n) is 6.86.